The lowest BCUT2D eigenvalue weighted by Gasteiger charge is -2.32. The van der Waals surface area contributed by atoms with Crippen LogP contribution >= 0.6 is 0 Å². The Kier molecular flexibility index (Phi) is 5.05. The molecule has 0 saturated carbocycles. The third-order valence-corrected chi connectivity index (χ3v) is 4.13. The van der Waals surface area contributed by atoms with Crippen LogP contribution in [-0.4, -0.2) is 59.2 Å². The number of morpholine rings is 1. The summed E-state index contributed by atoms with van der Waals surface area (Å²) in [5, 5.41) is 3.01. The lowest BCUT2D eigenvalue weighted by atomic mass is 10.2. The van der Waals surface area contributed by atoms with E-state index in [1.165, 1.54) is 0 Å². The van der Waals surface area contributed by atoms with Gasteiger partial charge in [-0.3, -0.25) is 14.3 Å². The molecule has 0 aliphatic carbocycles. The Morgan fingerprint density at radius 2 is 2.04 bits per heavy atom. The van der Waals surface area contributed by atoms with E-state index in [1.807, 2.05) is 30.3 Å². The molecule has 1 unspecified atom stereocenters. The summed E-state index contributed by atoms with van der Waals surface area (Å²) in [7, 11) is 0. The van der Waals surface area contributed by atoms with E-state index in [4.69, 9.17) is 4.74 Å². The number of aromatic nitrogens is 2. The number of nitrogens with one attached hydrogen (secondary N) is 1. The highest BCUT2D eigenvalue weighted by Gasteiger charge is 2.19. The molecule has 23 heavy (non-hydrogen) atoms. The maximum absolute atomic E-state index is 12.5. The van der Waals surface area contributed by atoms with Gasteiger partial charge < -0.3 is 10.1 Å². The van der Waals surface area contributed by atoms with Crippen molar-refractivity contribution in [3.8, 4) is 5.69 Å². The average molecular weight is 314 g/mol. The molecule has 1 N–H and O–H groups in total. The van der Waals surface area contributed by atoms with Crippen molar-refractivity contribution < 1.29 is 9.53 Å². The smallest absolute Gasteiger partial charge is 0.269 e. The number of rotatable bonds is 5. The fraction of sp³-hybridized carbons (Fsp3) is 0.412. The predicted molar refractivity (Wildman–Crippen MR) is 87.8 cm³/mol. The van der Waals surface area contributed by atoms with E-state index in [1.54, 1.807) is 17.1 Å². The Hall–Kier alpha value is -2.18. The molecule has 2 aromatic rings. The SMILES string of the molecule is CC(CNC(=O)c1cncn1-c1ccccc1)N1CCOCC1. The van der Waals surface area contributed by atoms with Crippen LogP contribution in [0.1, 0.15) is 17.4 Å². The second-order valence-electron chi connectivity index (χ2n) is 5.69. The van der Waals surface area contributed by atoms with Crippen LogP contribution in [0.25, 0.3) is 5.69 Å². The lowest BCUT2D eigenvalue weighted by molar-refractivity contribution is 0.0204. The molecule has 0 radical (unpaired) electrons. The highest BCUT2D eigenvalue weighted by Crippen LogP contribution is 2.11. The first-order valence-corrected chi connectivity index (χ1v) is 7.93. The molecule has 1 aliphatic heterocycles. The highest BCUT2D eigenvalue weighted by molar-refractivity contribution is 5.93. The van der Waals surface area contributed by atoms with Gasteiger partial charge in [-0.15, -0.1) is 0 Å². The number of hydrogen-bond acceptors (Lipinski definition) is 4. The standard InChI is InChI=1S/C17H22N4O2/c1-14(20-7-9-23-10-8-20)11-19-17(22)16-12-18-13-21(16)15-5-3-2-4-6-15/h2-6,12-14H,7-11H2,1H3,(H,19,22). The summed E-state index contributed by atoms with van der Waals surface area (Å²) < 4.78 is 7.16. The molecule has 6 heteroatoms. The van der Waals surface area contributed by atoms with Gasteiger partial charge >= 0.3 is 0 Å². The zero-order valence-corrected chi connectivity index (χ0v) is 13.3. The first kappa shape index (κ1) is 15.7. The number of amides is 1. The quantitative estimate of drug-likeness (QED) is 0.904. The molecule has 1 aromatic heterocycles. The summed E-state index contributed by atoms with van der Waals surface area (Å²) >= 11 is 0. The second kappa shape index (κ2) is 7.39. The highest BCUT2D eigenvalue weighted by atomic mass is 16.5. The fourth-order valence-corrected chi connectivity index (χ4v) is 2.74. The summed E-state index contributed by atoms with van der Waals surface area (Å²) in [6.45, 7) is 6.09. The van der Waals surface area contributed by atoms with Crippen LogP contribution in [0.2, 0.25) is 0 Å². The Bertz CT molecular complexity index is 635. The Morgan fingerprint density at radius 3 is 2.78 bits per heavy atom. The molecule has 2 heterocycles. The molecule has 1 saturated heterocycles. The van der Waals surface area contributed by atoms with Gasteiger partial charge in [-0.1, -0.05) is 18.2 Å². The molecule has 1 fully saturated rings. The normalized spacial score (nSPS) is 16.9. The van der Waals surface area contributed by atoms with Crippen LogP contribution in [0.3, 0.4) is 0 Å². The zero-order valence-electron chi connectivity index (χ0n) is 13.3. The molecular formula is C17H22N4O2. The van der Waals surface area contributed by atoms with Crippen molar-refractivity contribution in [3.05, 3.63) is 48.5 Å². The summed E-state index contributed by atoms with van der Waals surface area (Å²) in [6, 6.07) is 10.0. The van der Waals surface area contributed by atoms with Gasteiger partial charge in [0, 0.05) is 31.4 Å². The number of para-hydroxylation sites is 1. The number of carbonyl (C=O) groups is 1. The molecule has 0 bridgehead atoms. The second-order valence-corrected chi connectivity index (χ2v) is 5.69. The van der Waals surface area contributed by atoms with Crippen molar-refractivity contribution in [2.24, 2.45) is 0 Å². The van der Waals surface area contributed by atoms with Gasteiger partial charge in [-0.05, 0) is 19.1 Å². The van der Waals surface area contributed by atoms with Crippen LogP contribution in [0.4, 0.5) is 0 Å². The van der Waals surface area contributed by atoms with E-state index in [2.05, 4.69) is 22.1 Å². The zero-order chi connectivity index (χ0) is 16.1. The summed E-state index contributed by atoms with van der Waals surface area (Å²) in [5.41, 5.74) is 1.47. The van der Waals surface area contributed by atoms with Gasteiger partial charge in [-0.25, -0.2) is 4.98 Å². The topological polar surface area (TPSA) is 59.4 Å². The fourth-order valence-electron chi connectivity index (χ4n) is 2.74. The van der Waals surface area contributed by atoms with Crippen LogP contribution in [0.15, 0.2) is 42.9 Å². The van der Waals surface area contributed by atoms with Crippen molar-refractivity contribution in [1.82, 2.24) is 19.8 Å². The van der Waals surface area contributed by atoms with E-state index in [0.717, 1.165) is 32.0 Å². The van der Waals surface area contributed by atoms with Gasteiger partial charge in [0.15, 0.2) is 0 Å². The minimum absolute atomic E-state index is 0.105. The summed E-state index contributed by atoms with van der Waals surface area (Å²) in [4.78, 5) is 18.9. The van der Waals surface area contributed by atoms with Crippen molar-refractivity contribution >= 4 is 5.91 Å². The molecule has 6 nitrogen and oxygen atoms in total. The lowest BCUT2D eigenvalue weighted by Crippen LogP contribution is -2.47. The molecule has 3 rings (SSSR count). The van der Waals surface area contributed by atoms with E-state index in [9.17, 15) is 4.79 Å². The summed E-state index contributed by atoms with van der Waals surface area (Å²) in [6.07, 6.45) is 3.26. The van der Waals surface area contributed by atoms with Gasteiger partial charge in [-0.2, -0.15) is 0 Å². The van der Waals surface area contributed by atoms with Crippen LogP contribution in [-0.2, 0) is 4.74 Å². The molecular weight excluding hydrogens is 292 g/mol. The number of carbonyl (C=O) groups excluding carboxylic acids is 1. The third-order valence-electron chi connectivity index (χ3n) is 4.13. The minimum atomic E-state index is -0.105. The Balaban J connectivity index is 1.62. The number of nitrogens with zero attached hydrogens (tertiary/aromatic N) is 3. The van der Waals surface area contributed by atoms with Crippen LogP contribution < -0.4 is 5.32 Å². The molecule has 122 valence electrons. The average Bonchev–Trinajstić information content (AvgIpc) is 3.11. The van der Waals surface area contributed by atoms with E-state index in [-0.39, 0.29) is 11.9 Å². The van der Waals surface area contributed by atoms with Gasteiger partial charge in [0.2, 0.25) is 0 Å². The number of ether oxygens (including phenoxy) is 1. The van der Waals surface area contributed by atoms with Gasteiger partial charge in [0.1, 0.15) is 5.69 Å². The van der Waals surface area contributed by atoms with Crippen LogP contribution in [0.5, 0.6) is 0 Å². The molecule has 1 aliphatic rings. The predicted octanol–water partition coefficient (Wildman–Crippen LogP) is 1.32. The summed E-state index contributed by atoms with van der Waals surface area (Å²) in [5.74, 6) is -0.105. The maximum Gasteiger partial charge on any atom is 0.269 e. The van der Waals surface area contributed by atoms with Gasteiger partial charge in [0.25, 0.3) is 5.91 Å². The van der Waals surface area contributed by atoms with Crippen molar-refractivity contribution in [1.29, 1.82) is 0 Å². The number of hydrogen-bond donors (Lipinski definition) is 1. The third kappa shape index (κ3) is 3.78. The monoisotopic (exact) mass is 314 g/mol. The van der Waals surface area contributed by atoms with Crippen molar-refractivity contribution in [3.63, 3.8) is 0 Å². The molecule has 0 spiro atoms. The Morgan fingerprint density at radius 1 is 1.30 bits per heavy atom. The number of benzene rings is 1. The number of imidazole rings is 1. The largest absolute Gasteiger partial charge is 0.379 e. The minimum Gasteiger partial charge on any atom is -0.379 e. The molecule has 1 aromatic carbocycles. The van der Waals surface area contributed by atoms with Gasteiger partial charge in [0.05, 0.1) is 25.7 Å². The first-order chi connectivity index (χ1) is 11.3. The van der Waals surface area contributed by atoms with Crippen molar-refractivity contribution in [2.45, 2.75) is 13.0 Å². The maximum atomic E-state index is 12.5. The van der Waals surface area contributed by atoms with Crippen LogP contribution in [0, 0.1) is 0 Å². The Labute approximate surface area is 136 Å². The first-order valence-electron chi connectivity index (χ1n) is 7.93. The molecule has 1 atom stereocenters. The van der Waals surface area contributed by atoms with E-state index in [0.29, 0.717) is 12.2 Å². The van der Waals surface area contributed by atoms with Crippen molar-refractivity contribution in [2.75, 3.05) is 32.8 Å². The van der Waals surface area contributed by atoms with E-state index < -0.39 is 0 Å². The molecule has 1 amide bonds. The van der Waals surface area contributed by atoms with E-state index >= 15 is 0 Å².